The van der Waals surface area contributed by atoms with Crippen LogP contribution in [0.25, 0.3) is 0 Å². The molecule has 39 heteroatoms. The van der Waals surface area contributed by atoms with E-state index < -0.39 is 139 Å². The van der Waals surface area contributed by atoms with Crippen LogP contribution in [0.4, 0.5) is 0 Å². The van der Waals surface area contributed by atoms with Gasteiger partial charge in [-0.25, -0.2) is 0 Å². The van der Waals surface area contributed by atoms with Gasteiger partial charge in [0.2, 0.25) is 0 Å². The van der Waals surface area contributed by atoms with Crippen molar-refractivity contribution in [1.82, 2.24) is 0 Å². The topological polar surface area (TPSA) is 216 Å². The third-order valence-corrected chi connectivity index (χ3v) is 61.5. The van der Waals surface area contributed by atoms with Crippen molar-refractivity contribution in [2.24, 2.45) is 0 Å². The van der Waals surface area contributed by atoms with Crippen LogP contribution in [0.5, 0.6) is 0 Å². The lowest BCUT2D eigenvalue weighted by Gasteiger charge is -2.60. The average molecular weight is 1260 g/mol. The quantitative estimate of drug-likeness (QED) is 0.0563. The van der Waals surface area contributed by atoms with Gasteiger partial charge >= 0.3 is 80.9 Å². The molecule has 0 aliphatic carbocycles. The first kappa shape index (κ1) is 60.8. The molecule has 7 aliphatic rings. The van der Waals surface area contributed by atoms with Crippen molar-refractivity contribution in [1.29, 1.82) is 0 Å². The minimum atomic E-state index is -5.29. The molecule has 2 unspecified atom stereocenters. The van der Waals surface area contributed by atoms with Gasteiger partial charge in [-0.05, 0) is 163 Å². The summed E-state index contributed by atoms with van der Waals surface area (Å²) in [6.45, 7) is 46.5. The number of hydrogen-bond acceptors (Lipinski definition) is 23. The Balaban J connectivity index is 1.78. The molecule has 69 heavy (non-hydrogen) atoms. The number of ether oxygens (including phenoxy) is 2. The lowest BCUT2D eigenvalue weighted by atomic mass is 10.5. The number of rotatable bonds is 24. The van der Waals surface area contributed by atoms with Gasteiger partial charge in [0.15, 0.2) is 58.2 Å². The molecule has 7 aliphatic heterocycles. The molecular formula is C30H82O23Si16. The van der Waals surface area contributed by atoms with Crippen LogP contribution in [0, 0.1) is 0 Å². The number of epoxide rings is 1. The van der Waals surface area contributed by atoms with Crippen molar-refractivity contribution in [2.75, 3.05) is 26.4 Å². The van der Waals surface area contributed by atoms with Crippen LogP contribution in [-0.2, 0) is 96.2 Å². The highest BCUT2D eigenvalue weighted by atomic mass is 28.7. The van der Waals surface area contributed by atoms with Gasteiger partial charge in [0.05, 0.1) is 13.2 Å². The normalized spacial score (nSPS) is 38.6. The highest BCUT2D eigenvalue weighted by Crippen LogP contribution is 2.53. The van der Waals surface area contributed by atoms with Gasteiger partial charge in [-0.3, -0.25) is 0 Å². The fraction of sp³-hybridized carbons (Fsp3) is 1.00. The fourth-order valence-corrected chi connectivity index (χ4v) is 73.1. The van der Waals surface area contributed by atoms with Gasteiger partial charge in [-0.15, -0.1) is 0 Å². The Kier molecular flexibility index (Phi) is 17.6. The second-order valence-electron chi connectivity index (χ2n) is 24.5. The molecule has 0 aromatic carbocycles. The van der Waals surface area contributed by atoms with Crippen LogP contribution in [-0.4, -0.2) is 172 Å². The molecule has 23 nitrogen and oxygen atoms in total. The van der Waals surface area contributed by atoms with Crippen molar-refractivity contribution < 1.29 is 96.2 Å². The van der Waals surface area contributed by atoms with Gasteiger partial charge in [0.1, 0.15) is 6.10 Å². The second-order valence-corrected chi connectivity index (χ2v) is 81.5. The molecule has 7 heterocycles. The van der Waals surface area contributed by atoms with Gasteiger partial charge in [0.25, 0.3) is 0 Å². The molecular weight excluding hydrogens is 1180 g/mol. The van der Waals surface area contributed by atoms with Crippen LogP contribution >= 0.6 is 0 Å². The Labute approximate surface area is 428 Å². The van der Waals surface area contributed by atoms with E-state index in [2.05, 4.69) is 0 Å². The summed E-state index contributed by atoms with van der Waals surface area (Å²) in [4.78, 5) is 0. The van der Waals surface area contributed by atoms with E-state index >= 15 is 0 Å². The van der Waals surface area contributed by atoms with Crippen molar-refractivity contribution in [3.8, 4) is 0 Å². The summed E-state index contributed by atoms with van der Waals surface area (Å²) in [5.74, 6) is 0. The van der Waals surface area contributed by atoms with E-state index in [1.165, 1.54) is 0 Å². The van der Waals surface area contributed by atoms with Gasteiger partial charge in [-0.1, -0.05) is 0 Å². The van der Waals surface area contributed by atoms with Crippen LogP contribution in [0.1, 0.15) is 13.3 Å². The van der Waals surface area contributed by atoms with Crippen molar-refractivity contribution in [3.05, 3.63) is 0 Å². The lowest BCUT2D eigenvalue weighted by Crippen LogP contribution is -2.93. The maximum absolute atomic E-state index is 7.55. The van der Waals surface area contributed by atoms with E-state index in [1.807, 2.05) is 151 Å². The van der Waals surface area contributed by atoms with Gasteiger partial charge < -0.3 is 96.2 Å². The molecule has 2 atom stereocenters. The summed E-state index contributed by atoms with van der Waals surface area (Å²) in [5.41, 5.74) is 0. The first-order valence-electron chi connectivity index (χ1n) is 23.6. The molecule has 7 saturated heterocycles. The predicted molar refractivity (Wildman–Crippen MR) is 284 cm³/mol. The third kappa shape index (κ3) is 17.3. The second kappa shape index (κ2) is 20.0. The zero-order valence-electron chi connectivity index (χ0n) is 45.2. The van der Waals surface area contributed by atoms with E-state index in [1.54, 1.807) is 0 Å². The SMILES string of the molecule is CCO[Si](C)(CCCOCC1CO1)O[Si]12O[Si]3(O[Si](C)(C)C)O[Si]4(O[Si](C)(C)C)O[Si]5(O[Si](C)(C)C)O[Si](O[Si](C)(C)C)(O3)O[Si](O[Si](C)(C)C)(O[Si](O[Si](C)(C)C)(O5)O[Si](O[Si](C)(C)C)(O4)O1)O2. The van der Waals surface area contributed by atoms with E-state index in [4.69, 9.17) is 96.2 Å². The molecule has 0 saturated carbocycles. The average Bonchev–Trinajstić information content (AvgIpc) is 3.79. The largest absolute Gasteiger partial charge is 0.653 e. The Morgan fingerprint density at radius 1 is 0.362 bits per heavy atom. The monoisotopic (exact) mass is 1260 g/mol. The summed E-state index contributed by atoms with van der Waals surface area (Å²) in [6.07, 6.45) is 0.627. The molecule has 0 radical (unpaired) electrons. The van der Waals surface area contributed by atoms with Crippen molar-refractivity contribution in [3.63, 3.8) is 0 Å². The van der Waals surface area contributed by atoms with Crippen molar-refractivity contribution in [2.45, 2.75) is 170 Å². The molecule has 0 amide bonds. The van der Waals surface area contributed by atoms with Gasteiger partial charge in [-0.2, -0.15) is 0 Å². The molecule has 0 aromatic heterocycles. The molecule has 404 valence electrons. The molecule has 0 aromatic rings. The van der Waals surface area contributed by atoms with E-state index in [0.29, 0.717) is 32.3 Å². The first-order chi connectivity index (χ1) is 30.8. The summed E-state index contributed by atoms with van der Waals surface area (Å²) in [6, 6.07) is 0.377. The molecule has 0 N–H and O–H groups in total. The summed E-state index contributed by atoms with van der Waals surface area (Å²) in [7, 11) is -65.2. The number of hydrogen-bond donors (Lipinski definition) is 0. The zero-order chi connectivity index (χ0) is 52.1. The molecule has 8 bridgehead atoms. The predicted octanol–water partition coefficient (Wildman–Crippen LogP) is 6.63. The van der Waals surface area contributed by atoms with Crippen LogP contribution in [0.2, 0.25) is 150 Å². The highest BCUT2D eigenvalue weighted by molar-refractivity contribution is 7.04. The Morgan fingerprint density at radius 3 is 0.768 bits per heavy atom. The minimum absolute atomic E-state index is 0.0966. The van der Waals surface area contributed by atoms with Crippen LogP contribution < -0.4 is 0 Å². The Morgan fingerprint density at radius 2 is 0.580 bits per heavy atom. The van der Waals surface area contributed by atoms with E-state index in [9.17, 15) is 0 Å². The molecule has 0 spiro atoms. The summed E-state index contributed by atoms with van der Waals surface area (Å²) in [5, 5.41) is 0. The zero-order valence-corrected chi connectivity index (χ0v) is 61.2. The van der Waals surface area contributed by atoms with Crippen LogP contribution in [0.3, 0.4) is 0 Å². The Bertz CT molecular complexity index is 1640. The van der Waals surface area contributed by atoms with Crippen molar-refractivity contribution >= 4 is 139 Å². The molecule has 7 fully saturated rings. The maximum Gasteiger partial charge on any atom is 0.653 e. The van der Waals surface area contributed by atoms with Crippen LogP contribution in [0.15, 0.2) is 0 Å². The Hall–Kier alpha value is 2.55. The fourth-order valence-electron chi connectivity index (χ4n) is 7.06. The summed E-state index contributed by atoms with van der Waals surface area (Å²) < 4.78 is 166. The standard InChI is InChI=1S/C30H82O23Si16/c1-24-33-61(23,27-25-26-31-28-30-29-32-30)41-69-51-66(38-58(14,15)16)45-63(35-55(5,6)7)42-62(34-54(2,3)4)43-64(47-66,36-56(8,9)10)49-68(53-69,40-60(20,21)22)50-65(44-62,37-57(11,12)13)48-67(46-63,52-69)39-59(17,18)19/h30H,24-29H2,1-23H3. The maximum atomic E-state index is 7.55. The summed E-state index contributed by atoms with van der Waals surface area (Å²) >= 11 is 0. The highest BCUT2D eigenvalue weighted by Gasteiger charge is 2.92. The van der Waals surface area contributed by atoms with E-state index in [0.717, 1.165) is 0 Å². The third-order valence-electron chi connectivity index (χ3n) is 8.43. The first-order valence-corrected chi connectivity index (χ1v) is 63.1. The smallest absolute Gasteiger partial charge is 0.396 e. The van der Waals surface area contributed by atoms with E-state index in [-0.39, 0.29) is 12.7 Å². The lowest BCUT2D eigenvalue weighted by molar-refractivity contribution is -0.130. The van der Waals surface area contributed by atoms with Gasteiger partial charge in [0, 0.05) is 13.2 Å². The molecule has 7 rings (SSSR count). The minimum Gasteiger partial charge on any atom is -0.396 e.